The highest BCUT2D eigenvalue weighted by molar-refractivity contribution is 6.05. The summed E-state index contributed by atoms with van der Waals surface area (Å²) in [6, 6.07) is 12.6. The number of amides is 1. The lowest BCUT2D eigenvalue weighted by Crippen LogP contribution is -2.52. The summed E-state index contributed by atoms with van der Waals surface area (Å²) in [4.78, 5) is 58.7. The molecule has 2 aromatic carbocycles. The molecule has 1 N–H and O–H groups in total. The maximum atomic E-state index is 13.8. The monoisotopic (exact) mass is 518 g/mol. The van der Waals surface area contributed by atoms with Crippen molar-refractivity contribution >= 4 is 34.4 Å². The third-order valence-corrected chi connectivity index (χ3v) is 7.73. The van der Waals surface area contributed by atoms with Gasteiger partial charge in [0.25, 0.3) is 11.5 Å². The minimum atomic E-state index is -1.45. The van der Waals surface area contributed by atoms with Gasteiger partial charge in [0.05, 0.1) is 16.6 Å². The van der Waals surface area contributed by atoms with Crippen LogP contribution in [0.4, 0.5) is 5.69 Å². The third kappa shape index (κ3) is 3.05. The zero-order chi connectivity index (χ0) is 27.1. The molecule has 4 atom stereocenters. The van der Waals surface area contributed by atoms with E-state index in [-0.39, 0.29) is 23.5 Å². The van der Waals surface area contributed by atoms with Crippen LogP contribution in [0.1, 0.15) is 57.6 Å². The SMILES string of the molecule is CC(=O)OC(C)c1nc2ccccc2c(=O)n1C1CC2(OC1=O)c1ccccc1N1C(=O)C(C)(C)N(O)C12. The van der Waals surface area contributed by atoms with Gasteiger partial charge in [-0.2, -0.15) is 0 Å². The van der Waals surface area contributed by atoms with E-state index in [1.807, 2.05) is 0 Å². The Morgan fingerprint density at radius 1 is 1.13 bits per heavy atom. The van der Waals surface area contributed by atoms with Gasteiger partial charge in [-0.05, 0) is 39.0 Å². The summed E-state index contributed by atoms with van der Waals surface area (Å²) in [5.41, 5.74) is -1.74. The molecule has 11 heteroatoms. The number of esters is 2. The van der Waals surface area contributed by atoms with Gasteiger partial charge in [-0.3, -0.25) is 23.9 Å². The van der Waals surface area contributed by atoms with E-state index in [0.29, 0.717) is 16.8 Å². The molecule has 1 amide bonds. The van der Waals surface area contributed by atoms with E-state index < -0.39 is 46.9 Å². The number of anilines is 1. The molecule has 1 spiro atoms. The molecule has 11 nitrogen and oxygen atoms in total. The molecule has 2 saturated heterocycles. The summed E-state index contributed by atoms with van der Waals surface area (Å²) in [5, 5.41) is 12.4. The zero-order valence-corrected chi connectivity index (χ0v) is 21.2. The molecule has 2 fully saturated rings. The Balaban J connectivity index is 1.55. The molecule has 1 aromatic heterocycles. The number of ether oxygens (including phenoxy) is 2. The van der Waals surface area contributed by atoms with E-state index in [9.17, 15) is 24.4 Å². The molecule has 0 aliphatic carbocycles. The first-order chi connectivity index (χ1) is 18.0. The Kier molecular flexibility index (Phi) is 5.08. The molecular formula is C27H26N4O7. The van der Waals surface area contributed by atoms with Crippen LogP contribution in [0.3, 0.4) is 0 Å². The molecule has 4 unspecified atom stereocenters. The fraction of sp³-hybridized carbons (Fsp3) is 0.370. The van der Waals surface area contributed by atoms with E-state index in [2.05, 4.69) is 4.98 Å². The Hall–Kier alpha value is -4.09. The number of carbonyl (C=O) groups excluding carboxylic acids is 3. The van der Waals surface area contributed by atoms with Gasteiger partial charge in [0.2, 0.25) is 0 Å². The lowest BCUT2D eigenvalue weighted by molar-refractivity contribution is -0.209. The van der Waals surface area contributed by atoms with Crippen LogP contribution in [-0.2, 0) is 29.5 Å². The van der Waals surface area contributed by atoms with Crippen LogP contribution >= 0.6 is 0 Å². The average molecular weight is 519 g/mol. The van der Waals surface area contributed by atoms with Crippen molar-refractivity contribution in [3.8, 4) is 0 Å². The van der Waals surface area contributed by atoms with Crippen molar-refractivity contribution in [2.75, 3.05) is 4.90 Å². The van der Waals surface area contributed by atoms with E-state index in [1.54, 1.807) is 69.3 Å². The van der Waals surface area contributed by atoms with E-state index in [4.69, 9.17) is 9.47 Å². The van der Waals surface area contributed by atoms with Crippen molar-refractivity contribution in [2.45, 2.75) is 63.6 Å². The first kappa shape index (κ1) is 24.3. The van der Waals surface area contributed by atoms with Gasteiger partial charge in [0.1, 0.15) is 11.6 Å². The molecule has 3 aliphatic rings. The number of rotatable bonds is 3. The van der Waals surface area contributed by atoms with Crippen molar-refractivity contribution in [2.24, 2.45) is 0 Å². The molecule has 6 rings (SSSR count). The van der Waals surface area contributed by atoms with Crippen LogP contribution < -0.4 is 10.5 Å². The molecule has 3 aromatic rings. The van der Waals surface area contributed by atoms with Crippen LogP contribution in [0.25, 0.3) is 10.9 Å². The normalized spacial score (nSPS) is 26.5. The number of hydrogen-bond donors (Lipinski definition) is 1. The standard InChI is InChI=1S/C27H26N4O7/c1-14(37-15(2)32)21-28-18-11-7-5-9-16(18)22(33)29(21)20-13-27(38-23(20)34)17-10-6-8-12-19(17)30-24(27)31(36)26(3,4)25(30)35/h5-12,14,20,24,36H,13H2,1-4H3. The summed E-state index contributed by atoms with van der Waals surface area (Å²) < 4.78 is 12.7. The van der Waals surface area contributed by atoms with Gasteiger partial charge < -0.3 is 14.7 Å². The quantitative estimate of drug-likeness (QED) is 0.520. The topological polar surface area (TPSA) is 131 Å². The predicted molar refractivity (Wildman–Crippen MR) is 133 cm³/mol. The number of nitrogens with zero attached hydrogens (tertiary/aromatic N) is 4. The fourth-order valence-corrected chi connectivity index (χ4v) is 5.98. The lowest BCUT2D eigenvalue weighted by atomic mass is 9.88. The van der Waals surface area contributed by atoms with Crippen LogP contribution in [-0.4, -0.2) is 49.4 Å². The highest BCUT2D eigenvalue weighted by atomic mass is 16.6. The number of hydrogen-bond acceptors (Lipinski definition) is 9. The van der Waals surface area contributed by atoms with E-state index >= 15 is 0 Å². The fourth-order valence-electron chi connectivity index (χ4n) is 5.98. The van der Waals surface area contributed by atoms with Gasteiger partial charge in [0, 0.05) is 18.9 Å². The van der Waals surface area contributed by atoms with Crippen LogP contribution in [0.2, 0.25) is 0 Å². The van der Waals surface area contributed by atoms with Crippen molar-refractivity contribution in [1.29, 1.82) is 0 Å². The van der Waals surface area contributed by atoms with Gasteiger partial charge in [0.15, 0.2) is 23.7 Å². The summed E-state index contributed by atoms with van der Waals surface area (Å²) in [6.07, 6.45) is -2.04. The third-order valence-electron chi connectivity index (χ3n) is 7.73. The minimum Gasteiger partial charge on any atom is -0.455 e. The van der Waals surface area contributed by atoms with Gasteiger partial charge in [-0.1, -0.05) is 30.3 Å². The highest BCUT2D eigenvalue weighted by Crippen LogP contribution is 2.58. The van der Waals surface area contributed by atoms with Gasteiger partial charge in [-0.15, -0.1) is 5.06 Å². The van der Waals surface area contributed by atoms with Crippen molar-refractivity contribution in [3.05, 3.63) is 70.3 Å². The summed E-state index contributed by atoms with van der Waals surface area (Å²) in [5.74, 6) is -1.54. The minimum absolute atomic E-state index is 0.0653. The molecule has 3 aliphatic heterocycles. The Labute approximate surface area is 217 Å². The average Bonchev–Trinajstić information content (AvgIpc) is 3.42. The smallest absolute Gasteiger partial charge is 0.330 e. The summed E-state index contributed by atoms with van der Waals surface area (Å²) >= 11 is 0. The largest absolute Gasteiger partial charge is 0.455 e. The number of carbonyl (C=O) groups is 3. The van der Waals surface area contributed by atoms with Gasteiger partial charge >= 0.3 is 11.9 Å². The lowest BCUT2D eigenvalue weighted by Gasteiger charge is -2.35. The Morgan fingerprint density at radius 2 is 1.82 bits per heavy atom. The van der Waals surface area contributed by atoms with Crippen molar-refractivity contribution in [1.82, 2.24) is 14.6 Å². The summed E-state index contributed by atoms with van der Waals surface area (Å²) in [6.45, 7) is 6.01. The van der Waals surface area contributed by atoms with Gasteiger partial charge in [-0.25, -0.2) is 9.78 Å². The second-order valence-electron chi connectivity index (χ2n) is 10.4. The maximum absolute atomic E-state index is 13.8. The van der Waals surface area contributed by atoms with Crippen LogP contribution in [0, 0.1) is 0 Å². The second kappa shape index (κ2) is 7.95. The first-order valence-corrected chi connectivity index (χ1v) is 12.3. The molecular weight excluding hydrogens is 492 g/mol. The summed E-state index contributed by atoms with van der Waals surface area (Å²) in [7, 11) is 0. The molecule has 38 heavy (non-hydrogen) atoms. The molecule has 196 valence electrons. The van der Waals surface area contributed by atoms with Crippen LogP contribution in [0.5, 0.6) is 0 Å². The van der Waals surface area contributed by atoms with E-state index in [1.165, 1.54) is 16.4 Å². The van der Waals surface area contributed by atoms with E-state index in [0.717, 1.165) is 5.06 Å². The predicted octanol–water partition coefficient (Wildman–Crippen LogP) is 2.56. The molecule has 0 saturated carbocycles. The zero-order valence-electron chi connectivity index (χ0n) is 21.2. The molecule has 0 radical (unpaired) electrons. The van der Waals surface area contributed by atoms with Crippen molar-refractivity contribution < 1.29 is 29.1 Å². The highest BCUT2D eigenvalue weighted by Gasteiger charge is 2.70. The Bertz CT molecular complexity index is 1600. The number of fused-ring (bicyclic) bond motifs is 6. The second-order valence-corrected chi connectivity index (χ2v) is 10.4. The first-order valence-electron chi connectivity index (χ1n) is 12.3. The van der Waals surface area contributed by atoms with Crippen LogP contribution in [0.15, 0.2) is 53.3 Å². The number of para-hydroxylation sites is 2. The Morgan fingerprint density at radius 3 is 2.55 bits per heavy atom. The maximum Gasteiger partial charge on any atom is 0.330 e. The molecule has 0 bridgehead atoms. The number of hydroxylamine groups is 2. The number of aromatic nitrogens is 2. The molecule has 4 heterocycles. The number of benzene rings is 2. The van der Waals surface area contributed by atoms with Crippen molar-refractivity contribution in [3.63, 3.8) is 0 Å².